The molecule has 3 rings (SSSR count). The molecule has 0 saturated carbocycles. The van der Waals surface area contributed by atoms with E-state index >= 15 is 0 Å². The highest BCUT2D eigenvalue weighted by atomic mass is 16.7. The monoisotopic (exact) mass is 289 g/mol. The highest BCUT2D eigenvalue weighted by molar-refractivity contribution is 5.81. The Morgan fingerprint density at radius 1 is 1.24 bits per heavy atom. The lowest BCUT2D eigenvalue weighted by Crippen LogP contribution is -2.11. The molecule has 0 bridgehead atoms. The molecule has 1 aliphatic heterocycles. The van der Waals surface area contributed by atoms with E-state index < -0.39 is 0 Å². The van der Waals surface area contributed by atoms with Crippen LogP contribution in [0.2, 0.25) is 0 Å². The third-order valence-electron chi connectivity index (χ3n) is 4.21. The third-order valence-corrected chi connectivity index (χ3v) is 4.21. The van der Waals surface area contributed by atoms with Crippen molar-refractivity contribution < 1.29 is 9.47 Å². The summed E-state index contributed by atoms with van der Waals surface area (Å²) < 4.78 is 13.3. The molecule has 0 atom stereocenters. The van der Waals surface area contributed by atoms with Crippen LogP contribution in [-0.2, 0) is 6.54 Å². The van der Waals surface area contributed by atoms with E-state index in [1.54, 1.807) is 0 Å². The predicted molar refractivity (Wildman–Crippen MR) is 82.9 cm³/mol. The van der Waals surface area contributed by atoms with Crippen molar-refractivity contribution >= 4 is 11.0 Å². The van der Waals surface area contributed by atoms with Gasteiger partial charge in [-0.15, -0.1) is 0 Å². The van der Waals surface area contributed by atoms with Gasteiger partial charge in [0.1, 0.15) is 5.82 Å². The molecule has 0 spiro atoms. The molecule has 0 fully saturated rings. The van der Waals surface area contributed by atoms with Gasteiger partial charge in [-0.3, -0.25) is 0 Å². The van der Waals surface area contributed by atoms with Crippen molar-refractivity contribution in [2.24, 2.45) is 5.73 Å². The largest absolute Gasteiger partial charge is 0.454 e. The second kappa shape index (κ2) is 5.93. The number of nitrogens with zero attached hydrogens (tertiary/aromatic N) is 2. The number of hydrogen-bond acceptors (Lipinski definition) is 4. The van der Waals surface area contributed by atoms with Crippen LogP contribution in [0, 0.1) is 0 Å². The van der Waals surface area contributed by atoms with Gasteiger partial charge in [0.05, 0.1) is 11.0 Å². The molecule has 5 heteroatoms. The number of aromatic nitrogens is 2. The van der Waals surface area contributed by atoms with Gasteiger partial charge in [0, 0.05) is 24.6 Å². The van der Waals surface area contributed by atoms with Crippen molar-refractivity contribution in [2.45, 2.75) is 45.6 Å². The van der Waals surface area contributed by atoms with Crippen molar-refractivity contribution in [2.75, 3.05) is 13.3 Å². The highest BCUT2D eigenvalue weighted by Gasteiger charge is 2.21. The molecule has 1 aromatic heterocycles. The van der Waals surface area contributed by atoms with Crippen LogP contribution in [-0.4, -0.2) is 22.9 Å². The maximum atomic E-state index is 5.69. The summed E-state index contributed by atoms with van der Waals surface area (Å²) in [4.78, 5) is 4.87. The first-order valence-corrected chi connectivity index (χ1v) is 7.78. The summed E-state index contributed by atoms with van der Waals surface area (Å²) in [5, 5.41) is 0. The lowest BCUT2D eigenvalue weighted by Gasteiger charge is -2.15. The standard InChI is InChI=1S/C16H23N3O2/c1-3-11(4-2)16-18-12-8-14-15(21-10-20-14)9-13(12)19(16)7-5-6-17/h8-9,11H,3-7,10,17H2,1-2H3. The highest BCUT2D eigenvalue weighted by Crippen LogP contribution is 2.37. The Hall–Kier alpha value is -1.75. The van der Waals surface area contributed by atoms with Crippen molar-refractivity contribution in [3.63, 3.8) is 0 Å². The molecule has 2 N–H and O–H groups in total. The molecular weight excluding hydrogens is 266 g/mol. The van der Waals surface area contributed by atoms with Gasteiger partial charge in [0.25, 0.3) is 0 Å². The molecule has 5 nitrogen and oxygen atoms in total. The van der Waals surface area contributed by atoms with Gasteiger partial charge in [-0.25, -0.2) is 4.98 Å². The van der Waals surface area contributed by atoms with Gasteiger partial charge in [0.15, 0.2) is 11.5 Å². The van der Waals surface area contributed by atoms with Crippen molar-refractivity contribution in [3.8, 4) is 11.5 Å². The zero-order chi connectivity index (χ0) is 14.8. The number of aryl methyl sites for hydroxylation is 1. The smallest absolute Gasteiger partial charge is 0.231 e. The normalized spacial score (nSPS) is 13.5. The van der Waals surface area contributed by atoms with Crippen LogP contribution in [0.25, 0.3) is 11.0 Å². The maximum Gasteiger partial charge on any atom is 0.231 e. The van der Waals surface area contributed by atoms with Crippen LogP contribution in [0.5, 0.6) is 11.5 Å². The van der Waals surface area contributed by atoms with Gasteiger partial charge in [-0.2, -0.15) is 0 Å². The predicted octanol–water partition coefficient (Wildman–Crippen LogP) is 3.02. The van der Waals surface area contributed by atoms with Crippen LogP contribution in [0.3, 0.4) is 0 Å². The first-order chi connectivity index (χ1) is 10.3. The fourth-order valence-electron chi connectivity index (χ4n) is 2.98. The zero-order valence-electron chi connectivity index (χ0n) is 12.8. The number of benzene rings is 1. The van der Waals surface area contributed by atoms with Crippen LogP contribution >= 0.6 is 0 Å². The average molecular weight is 289 g/mol. The minimum Gasteiger partial charge on any atom is -0.454 e. The number of fused-ring (bicyclic) bond motifs is 2. The summed E-state index contributed by atoms with van der Waals surface area (Å²) in [6.07, 6.45) is 3.14. The van der Waals surface area contributed by atoms with E-state index in [1.807, 2.05) is 12.1 Å². The Kier molecular flexibility index (Phi) is 4.01. The number of hydrogen-bond donors (Lipinski definition) is 1. The minimum atomic E-state index is 0.296. The molecule has 1 aliphatic rings. The SMILES string of the molecule is CCC(CC)c1nc2cc3c(cc2n1CCCN)OCO3. The van der Waals surface area contributed by atoms with Crippen LogP contribution in [0.1, 0.15) is 44.9 Å². The first kappa shape index (κ1) is 14.2. The van der Waals surface area contributed by atoms with Crippen LogP contribution in [0.4, 0.5) is 0 Å². The fraction of sp³-hybridized carbons (Fsp3) is 0.562. The summed E-state index contributed by atoms with van der Waals surface area (Å²) in [6.45, 7) is 6.31. The molecular formula is C16H23N3O2. The molecule has 0 saturated heterocycles. The lowest BCUT2D eigenvalue weighted by atomic mass is 10.0. The molecule has 114 valence electrons. The van der Waals surface area contributed by atoms with E-state index in [4.69, 9.17) is 20.2 Å². The topological polar surface area (TPSA) is 62.3 Å². The second-order valence-electron chi connectivity index (χ2n) is 5.47. The number of nitrogens with two attached hydrogens (primary N) is 1. The molecule has 2 heterocycles. The van der Waals surface area contributed by atoms with E-state index in [0.717, 1.165) is 54.2 Å². The Bertz CT molecular complexity index is 632. The van der Waals surface area contributed by atoms with Crippen LogP contribution < -0.4 is 15.2 Å². The Morgan fingerprint density at radius 2 is 1.95 bits per heavy atom. The Labute approximate surface area is 125 Å². The fourth-order valence-corrected chi connectivity index (χ4v) is 2.98. The van der Waals surface area contributed by atoms with E-state index in [0.29, 0.717) is 19.3 Å². The van der Waals surface area contributed by atoms with Crippen molar-refractivity contribution in [1.82, 2.24) is 9.55 Å². The molecule has 2 aromatic rings. The Morgan fingerprint density at radius 3 is 2.62 bits per heavy atom. The summed E-state index contributed by atoms with van der Waals surface area (Å²) >= 11 is 0. The summed E-state index contributed by atoms with van der Waals surface area (Å²) in [7, 11) is 0. The summed E-state index contributed by atoms with van der Waals surface area (Å²) in [5.74, 6) is 3.24. The van der Waals surface area contributed by atoms with E-state index in [-0.39, 0.29) is 0 Å². The zero-order valence-corrected chi connectivity index (χ0v) is 12.8. The molecule has 0 amide bonds. The molecule has 0 aliphatic carbocycles. The van der Waals surface area contributed by atoms with Gasteiger partial charge in [-0.05, 0) is 25.8 Å². The van der Waals surface area contributed by atoms with Gasteiger partial charge < -0.3 is 19.8 Å². The number of imidazole rings is 1. The lowest BCUT2D eigenvalue weighted by molar-refractivity contribution is 0.174. The Balaban J connectivity index is 2.12. The van der Waals surface area contributed by atoms with Gasteiger partial charge in [-0.1, -0.05) is 13.8 Å². The number of ether oxygens (including phenoxy) is 2. The van der Waals surface area contributed by atoms with Gasteiger partial charge in [0.2, 0.25) is 6.79 Å². The van der Waals surface area contributed by atoms with E-state index in [2.05, 4.69) is 18.4 Å². The molecule has 1 aromatic carbocycles. The van der Waals surface area contributed by atoms with E-state index in [1.165, 1.54) is 0 Å². The maximum absolute atomic E-state index is 5.69. The van der Waals surface area contributed by atoms with E-state index in [9.17, 15) is 0 Å². The molecule has 21 heavy (non-hydrogen) atoms. The van der Waals surface area contributed by atoms with Crippen molar-refractivity contribution in [3.05, 3.63) is 18.0 Å². The molecule has 0 radical (unpaired) electrons. The van der Waals surface area contributed by atoms with Crippen LogP contribution in [0.15, 0.2) is 12.1 Å². The summed E-state index contributed by atoms with van der Waals surface area (Å²) in [6, 6.07) is 4.04. The third kappa shape index (κ3) is 2.46. The minimum absolute atomic E-state index is 0.296. The quantitative estimate of drug-likeness (QED) is 0.888. The average Bonchev–Trinajstić information content (AvgIpc) is 3.08. The first-order valence-electron chi connectivity index (χ1n) is 7.78. The second-order valence-corrected chi connectivity index (χ2v) is 5.47. The van der Waals surface area contributed by atoms with Crippen molar-refractivity contribution in [1.29, 1.82) is 0 Å². The van der Waals surface area contributed by atoms with Gasteiger partial charge >= 0.3 is 0 Å². The number of rotatable bonds is 6. The molecule has 0 unspecified atom stereocenters. The summed E-state index contributed by atoms with van der Waals surface area (Å²) in [5.41, 5.74) is 7.80.